The molecule has 0 fully saturated rings. The number of rotatable bonds is 4. The van der Waals surface area contributed by atoms with E-state index in [1.165, 1.54) is 83.1 Å². The van der Waals surface area contributed by atoms with Gasteiger partial charge in [0.15, 0.2) is 0 Å². The molecule has 0 aromatic heterocycles. The average molecular weight is 589 g/mol. The first-order valence-electron chi connectivity index (χ1n) is 16.6. The van der Waals surface area contributed by atoms with Crippen LogP contribution in [0.4, 0.5) is 0 Å². The van der Waals surface area contributed by atoms with Crippen LogP contribution in [0.1, 0.15) is 58.7 Å². The lowest BCUT2D eigenvalue weighted by atomic mass is 9.73. The molecule has 1 unspecified atom stereocenters. The summed E-state index contributed by atoms with van der Waals surface area (Å²) in [6, 6.07) is 56.9. The molecule has 0 N–H and O–H groups in total. The first kappa shape index (κ1) is 27.1. The highest BCUT2D eigenvalue weighted by atomic mass is 14.4. The predicted molar refractivity (Wildman–Crippen MR) is 194 cm³/mol. The molecule has 0 saturated carbocycles. The SMILES string of the molecule is CC1(C)c2ccccc2-c2ccc(Cc3ccc(-c4ccc5c(c4)-c4ccc6ccccc6c4C(c4ccccc4)C5)cc3)cc21. The average Bonchev–Trinajstić information content (AvgIpc) is 3.34. The Morgan fingerprint density at radius 2 is 1.22 bits per heavy atom. The summed E-state index contributed by atoms with van der Waals surface area (Å²) in [7, 11) is 0. The van der Waals surface area contributed by atoms with Crippen molar-refractivity contribution in [3.63, 3.8) is 0 Å². The quantitative estimate of drug-likeness (QED) is 0.192. The minimum absolute atomic E-state index is 0.0320. The minimum atomic E-state index is 0.0320. The van der Waals surface area contributed by atoms with Crippen molar-refractivity contribution in [3.05, 3.63) is 191 Å². The van der Waals surface area contributed by atoms with E-state index in [9.17, 15) is 0 Å². The van der Waals surface area contributed by atoms with E-state index in [0.29, 0.717) is 5.92 Å². The van der Waals surface area contributed by atoms with Crippen LogP contribution in [0, 0.1) is 0 Å². The second-order valence-electron chi connectivity index (χ2n) is 13.7. The van der Waals surface area contributed by atoms with E-state index in [1.807, 2.05) is 0 Å². The van der Waals surface area contributed by atoms with Crippen LogP contribution in [0.5, 0.6) is 0 Å². The van der Waals surface area contributed by atoms with Crippen molar-refractivity contribution in [2.75, 3.05) is 0 Å². The normalized spacial score (nSPS) is 15.6. The van der Waals surface area contributed by atoms with Gasteiger partial charge in [-0.25, -0.2) is 0 Å². The molecule has 7 aromatic rings. The highest BCUT2D eigenvalue weighted by Gasteiger charge is 2.35. The summed E-state index contributed by atoms with van der Waals surface area (Å²) >= 11 is 0. The highest BCUT2D eigenvalue weighted by molar-refractivity contribution is 5.95. The van der Waals surface area contributed by atoms with Gasteiger partial charge >= 0.3 is 0 Å². The maximum absolute atomic E-state index is 2.44. The Bertz CT molecular complexity index is 2270. The zero-order valence-corrected chi connectivity index (χ0v) is 26.4. The van der Waals surface area contributed by atoms with E-state index in [2.05, 4.69) is 166 Å². The first-order valence-corrected chi connectivity index (χ1v) is 16.6. The Morgan fingerprint density at radius 1 is 0.522 bits per heavy atom. The molecule has 7 aromatic carbocycles. The smallest absolute Gasteiger partial charge is 0.0158 e. The van der Waals surface area contributed by atoms with Gasteiger partial charge in [0.25, 0.3) is 0 Å². The third-order valence-corrected chi connectivity index (χ3v) is 10.7. The zero-order chi connectivity index (χ0) is 30.8. The molecule has 0 heteroatoms. The van der Waals surface area contributed by atoms with Gasteiger partial charge in [-0.3, -0.25) is 0 Å². The van der Waals surface area contributed by atoms with Crippen LogP contribution in [0.2, 0.25) is 0 Å². The van der Waals surface area contributed by atoms with E-state index >= 15 is 0 Å². The lowest BCUT2D eigenvalue weighted by Gasteiger charge is -2.30. The van der Waals surface area contributed by atoms with Gasteiger partial charge in [-0.2, -0.15) is 0 Å². The Labute approximate surface area is 272 Å². The van der Waals surface area contributed by atoms with Crippen LogP contribution in [0.3, 0.4) is 0 Å². The molecule has 0 spiro atoms. The molecule has 0 heterocycles. The fourth-order valence-electron chi connectivity index (χ4n) is 8.29. The lowest BCUT2D eigenvalue weighted by molar-refractivity contribution is 0.659. The van der Waals surface area contributed by atoms with Crippen molar-refractivity contribution in [1.82, 2.24) is 0 Å². The Hall–Kier alpha value is -5.20. The van der Waals surface area contributed by atoms with Crippen LogP contribution in [-0.4, -0.2) is 0 Å². The molecule has 0 bridgehead atoms. The molecular weight excluding hydrogens is 553 g/mol. The lowest BCUT2D eigenvalue weighted by Crippen LogP contribution is -2.15. The van der Waals surface area contributed by atoms with E-state index in [0.717, 1.165) is 12.8 Å². The van der Waals surface area contributed by atoms with Crippen molar-refractivity contribution in [1.29, 1.82) is 0 Å². The number of benzene rings is 7. The summed E-state index contributed by atoms with van der Waals surface area (Å²) in [4.78, 5) is 0. The fraction of sp³-hybridized carbons (Fsp3) is 0.130. The third kappa shape index (κ3) is 4.28. The van der Waals surface area contributed by atoms with Crippen LogP contribution >= 0.6 is 0 Å². The minimum Gasteiger partial charge on any atom is -0.0622 e. The van der Waals surface area contributed by atoms with E-state index in [4.69, 9.17) is 0 Å². The summed E-state index contributed by atoms with van der Waals surface area (Å²) in [5, 5.41) is 2.68. The molecule has 0 nitrogen and oxygen atoms in total. The molecule has 2 aliphatic rings. The van der Waals surface area contributed by atoms with E-state index in [-0.39, 0.29) is 5.41 Å². The molecule has 220 valence electrons. The van der Waals surface area contributed by atoms with Gasteiger partial charge in [-0.1, -0.05) is 159 Å². The van der Waals surface area contributed by atoms with Crippen molar-refractivity contribution < 1.29 is 0 Å². The molecule has 0 saturated heterocycles. The van der Waals surface area contributed by atoms with Gasteiger partial charge in [0.2, 0.25) is 0 Å². The summed E-state index contributed by atoms with van der Waals surface area (Å²) in [6.45, 7) is 4.72. The van der Waals surface area contributed by atoms with Gasteiger partial charge in [0, 0.05) is 11.3 Å². The van der Waals surface area contributed by atoms with Crippen LogP contribution in [0.25, 0.3) is 44.2 Å². The monoisotopic (exact) mass is 588 g/mol. The Balaban J connectivity index is 1.04. The summed E-state index contributed by atoms with van der Waals surface area (Å²) in [5.41, 5.74) is 18.0. The topological polar surface area (TPSA) is 0 Å². The van der Waals surface area contributed by atoms with Gasteiger partial charge in [-0.15, -0.1) is 0 Å². The first-order chi connectivity index (χ1) is 22.5. The van der Waals surface area contributed by atoms with Crippen LogP contribution in [0.15, 0.2) is 152 Å². The second kappa shape index (κ2) is 10.4. The fourth-order valence-corrected chi connectivity index (χ4v) is 8.29. The molecule has 0 aliphatic heterocycles. The maximum atomic E-state index is 2.44. The third-order valence-electron chi connectivity index (χ3n) is 10.7. The van der Waals surface area contributed by atoms with Crippen LogP contribution < -0.4 is 0 Å². The van der Waals surface area contributed by atoms with Gasteiger partial charge in [-0.05, 0) is 102 Å². The Morgan fingerprint density at radius 3 is 2.09 bits per heavy atom. The highest BCUT2D eigenvalue weighted by Crippen LogP contribution is 2.49. The van der Waals surface area contributed by atoms with Crippen molar-refractivity contribution in [2.24, 2.45) is 0 Å². The standard InChI is InChI=1S/C46H36/c1-46(2)43-15-9-8-14-38(43)39-24-18-31(27-44(39)46)26-30-16-19-32(20-17-30)35-21-22-36-29-42(33-10-4-3-5-11-33)45-37-13-7-6-12-34(37)23-25-40(45)41(36)28-35/h3-25,27-28,42H,26,29H2,1-2H3. The van der Waals surface area contributed by atoms with Crippen LogP contribution in [-0.2, 0) is 18.3 Å². The second-order valence-corrected chi connectivity index (χ2v) is 13.7. The number of hydrogen-bond donors (Lipinski definition) is 0. The van der Waals surface area contributed by atoms with Gasteiger partial charge in [0.05, 0.1) is 0 Å². The van der Waals surface area contributed by atoms with Gasteiger partial charge < -0.3 is 0 Å². The number of fused-ring (bicyclic) bond motifs is 8. The van der Waals surface area contributed by atoms with Gasteiger partial charge in [0.1, 0.15) is 0 Å². The molecule has 0 radical (unpaired) electrons. The molecule has 9 rings (SSSR count). The molecule has 46 heavy (non-hydrogen) atoms. The zero-order valence-electron chi connectivity index (χ0n) is 26.4. The molecular formula is C46H36. The summed E-state index contributed by atoms with van der Waals surface area (Å²) in [6.07, 6.45) is 1.95. The summed E-state index contributed by atoms with van der Waals surface area (Å²) in [5.74, 6) is 0.346. The predicted octanol–water partition coefficient (Wildman–Crippen LogP) is 11.8. The van der Waals surface area contributed by atoms with Crippen molar-refractivity contribution >= 4 is 10.8 Å². The molecule has 1 atom stereocenters. The largest absolute Gasteiger partial charge is 0.0622 e. The van der Waals surface area contributed by atoms with E-state index < -0.39 is 0 Å². The molecule has 2 aliphatic carbocycles. The van der Waals surface area contributed by atoms with Crippen molar-refractivity contribution in [3.8, 4) is 33.4 Å². The Kier molecular flexibility index (Phi) is 6.15. The summed E-state index contributed by atoms with van der Waals surface area (Å²) < 4.78 is 0. The number of hydrogen-bond acceptors (Lipinski definition) is 0. The van der Waals surface area contributed by atoms with E-state index in [1.54, 1.807) is 0 Å². The van der Waals surface area contributed by atoms with Crippen molar-refractivity contribution in [2.45, 2.75) is 38.0 Å². The molecule has 0 amide bonds. The maximum Gasteiger partial charge on any atom is 0.0158 e.